The molecule has 0 saturated heterocycles. The molecule has 0 fully saturated rings. The van der Waals surface area contributed by atoms with Gasteiger partial charge in [-0.3, -0.25) is 9.59 Å². The van der Waals surface area contributed by atoms with Crippen LogP contribution in [0.25, 0.3) is 0 Å². The standard InChI is InChI=1S/C56H97NO5/c1-4-7-10-13-16-19-22-24-26-27-28-29-31-34-37-40-43-46-49-56(61)62-52(47-44-41-38-35-32-21-18-15-12-9-6-3)50-55(60)57-53(51-58)54(59)48-45-42-39-36-33-30-25-23-20-17-14-11-8-5-2/h9,12,15,18,21-22,24,26-29,32,35,38,52-54,58-59H,4-8,10-11,13-14,16-17,19-20,23,25,30-31,33-34,36-37,39-51H2,1-3H3,(H,57,60)/b12-9+,18-15+,24-22+,27-26+,29-28+,32-21-,38-35-. The Kier molecular flexibility index (Phi) is 46.7. The maximum atomic E-state index is 13.2. The van der Waals surface area contributed by atoms with E-state index in [1.807, 2.05) is 36.5 Å². The van der Waals surface area contributed by atoms with Crippen LogP contribution in [0, 0.1) is 0 Å². The molecule has 0 aliphatic heterocycles. The summed E-state index contributed by atoms with van der Waals surface area (Å²) < 4.78 is 5.88. The molecule has 0 spiro atoms. The number of nitrogens with one attached hydrogen (secondary N) is 1. The van der Waals surface area contributed by atoms with E-state index in [0.29, 0.717) is 19.3 Å². The maximum absolute atomic E-state index is 13.2. The monoisotopic (exact) mass is 864 g/mol. The van der Waals surface area contributed by atoms with Crippen molar-refractivity contribution in [3.63, 3.8) is 0 Å². The van der Waals surface area contributed by atoms with Gasteiger partial charge in [0.05, 0.1) is 25.2 Å². The van der Waals surface area contributed by atoms with Crippen molar-refractivity contribution in [3.8, 4) is 0 Å². The third-order valence-corrected chi connectivity index (χ3v) is 11.4. The third-order valence-electron chi connectivity index (χ3n) is 11.4. The molecule has 0 aromatic heterocycles. The van der Waals surface area contributed by atoms with E-state index in [1.54, 1.807) is 0 Å². The van der Waals surface area contributed by atoms with Gasteiger partial charge in [-0.2, -0.15) is 0 Å². The largest absolute Gasteiger partial charge is 0.462 e. The second-order valence-electron chi connectivity index (χ2n) is 17.3. The molecule has 3 atom stereocenters. The molecule has 0 bridgehead atoms. The first-order valence-electron chi connectivity index (χ1n) is 25.9. The number of allylic oxidation sites excluding steroid dienone is 14. The van der Waals surface area contributed by atoms with Crippen molar-refractivity contribution in [3.05, 3.63) is 85.1 Å². The van der Waals surface area contributed by atoms with E-state index in [2.05, 4.69) is 74.7 Å². The Morgan fingerprint density at radius 3 is 1.35 bits per heavy atom. The number of amides is 1. The average Bonchev–Trinajstić information content (AvgIpc) is 3.26. The lowest BCUT2D eigenvalue weighted by Gasteiger charge is -2.24. The summed E-state index contributed by atoms with van der Waals surface area (Å²) in [7, 11) is 0. The fourth-order valence-electron chi connectivity index (χ4n) is 7.45. The smallest absolute Gasteiger partial charge is 0.306 e. The molecule has 1 amide bonds. The number of esters is 1. The molecule has 0 saturated carbocycles. The Labute approximate surface area is 383 Å². The Morgan fingerprint density at radius 1 is 0.484 bits per heavy atom. The van der Waals surface area contributed by atoms with Crippen LogP contribution in [0.4, 0.5) is 0 Å². The summed E-state index contributed by atoms with van der Waals surface area (Å²) in [6, 6.07) is -0.731. The Morgan fingerprint density at radius 2 is 0.887 bits per heavy atom. The van der Waals surface area contributed by atoms with Crippen molar-refractivity contribution in [1.29, 1.82) is 0 Å². The van der Waals surface area contributed by atoms with Crippen molar-refractivity contribution >= 4 is 11.9 Å². The van der Waals surface area contributed by atoms with E-state index >= 15 is 0 Å². The molecule has 62 heavy (non-hydrogen) atoms. The summed E-state index contributed by atoms with van der Waals surface area (Å²) in [6.45, 7) is 6.30. The van der Waals surface area contributed by atoms with Crippen LogP contribution in [0.2, 0.25) is 0 Å². The Hall–Kier alpha value is -2.96. The lowest BCUT2D eigenvalue weighted by atomic mass is 10.0. The third kappa shape index (κ3) is 43.7. The molecule has 0 aliphatic rings. The van der Waals surface area contributed by atoms with Crippen molar-refractivity contribution < 1.29 is 24.5 Å². The molecule has 0 aromatic carbocycles. The summed E-state index contributed by atoms with van der Waals surface area (Å²) in [4.78, 5) is 26.1. The van der Waals surface area contributed by atoms with Gasteiger partial charge in [-0.25, -0.2) is 0 Å². The van der Waals surface area contributed by atoms with E-state index in [-0.39, 0.29) is 24.9 Å². The fourth-order valence-corrected chi connectivity index (χ4v) is 7.45. The summed E-state index contributed by atoms with van der Waals surface area (Å²) in [5, 5.41) is 23.7. The molecule has 0 aliphatic carbocycles. The minimum absolute atomic E-state index is 0.0195. The number of carbonyl (C=O) groups excluding carboxylic acids is 2. The maximum Gasteiger partial charge on any atom is 0.306 e. The zero-order chi connectivity index (χ0) is 45.2. The second-order valence-corrected chi connectivity index (χ2v) is 17.3. The van der Waals surface area contributed by atoms with Crippen LogP contribution in [0.15, 0.2) is 85.1 Å². The number of hydrogen-bond acceptors (Lipinski definition) is 5. The van der Waals surface area contributed by atoms with Gasteiger partial charge in [-0.05, 0) is 64.2 Å². The van der Waals surface area contributed by atoms with Crippen molar-refractivity contribution in [2.45, 2.75) is 251 Å². The van der Waals surface area contributed by atoms with Crippen LogP contribution in [-0.4, -0.2) is 46.9 Å². The molecule has 6 nitrogen and oxygen atoms in total. The van der Waals surface area contributed by atoms with Crippen molar-refractivity contribution in [1.82, 2.24) is 5.32 Å². The molecule has 6 heteroatoms. The van der Waals surface area contributed by atoms with Gasteiger partial charge in [-0.15, -0.1) is 0 Å². The number of rotatable bonds is 45. The van der Waals surface area contributed by atoms with Crippen molar-refractivity contribution in [2.24, 2.45) is 0 Å². The van der Waals surface area contributed by atoms with Crippen LogP contribution in [0.1, 0.15) is 233 Å². The quantitative estimate of drug-likeness (QED) is 0.0322. The van der Waals surface area contributed by atoms with Crippen LogP contribution in [0.5, 0.6) is 0 Å². The van der Waals surface area contributed by atoms with Crippen LogP contribution >= 0.6 is 0 Å². The molecule has 0 rings (SSSR count). The van der Waals surface area contributed by atoms with E-state index in [0.717, 1.165) is 83.5 Å². The van der Waals surface area contributed by atoms with E-state index < -0.39 is 18.2 Å². The number of ether oxygens (including phenoxy) is 1. The number of aliphatic hydroxyl groups is 2. The van der Waals surface area contributed by atoms with E-state index in [9.17, 15) is 19.8 Å². The summed E-state index contributed by atoms with van der Waals surface area (Å²) in [5.41, 5.74) is 0. The number of carbonyl (C=O) groups is 2. The molecule has 356 valence electrons. The molecule has 3 unspecified atom stereocenters. The zero-order valence-electron chi connectivity index (χ0n) is 40.5. The SMILES string of the molecule is CC/C=C/C=C/C=C\C=C/CCCC(CC(=O)NC(CO)C(O)CCCCCCCCCCCCCCCC)OC(=O)CCCCCCC/C=C/C=C/C=C/CCCCCCC. The summed E-state index contributed by atoms with van der Waals surface area (Å²) >= 11 is 0. The topological polar surface area (TPSA) is 95.9 Å². The van der Waals surface area contributed by atoms with E-state index in [4.69, 9.17) is 4.74 Å². The zero-order valence-corrected chi connectivity index (χ0v) is 40.5. The van der Waals surface area contributed by atoms with Crippen LogP contribution < -0.4 is 5.32 Å². The first kappa shape index (κ1) is 59.0. The first-order valence-corrected chi connectivity index (χ1v) is 25.9. The highest BCUT2D eigenvalue weighted by Crippen LogP contribution is 2.17. The van der Waals surface area contributed by atoms with Gasteiger partial charge in [0.1, 0.15) is 6.10 Å². The van der Waals surface area contributed by atoms with Gasteiger partial charge in [0.15, 0.2) is 0 Å². The van der Waals surface area contributed by atoms with Crippen LogP contribution in [0.3, 0.4) is 0 Å². The number of aliphatic hydroxyl groups excluding tert-OH is 2. The fraction of sp³-hybridized carbons (Fsp3) is 0.714. The van der Waals surface area contributed by atoms with Gasteiger partial charge < -0.3 is 20.3 Å². The minimum Gasteiger partial charge on any atom is -0.462 e. The lowest BCUT2D eigenvalue weighted by molar-refractivity contribution is -0.151. The highest BCUT2D eigenvalue weighted by Gasteiger charge is 2.24. The number of unbranched alkanes of at least 4 members (excludes halogenated alkanes) is 24. The van der Waals surface area contributed by atoms with Gasteiger partial charge >= 0.3 is 5.97 Å². The van der Waals surface area contributed by atoms with Gasteiger partial charge in [0.2, 0.25) is 5.91 Å². The highest BCUT2D eigenvalue weighted by molar-refractivity contribution is 5.77. The first-order chi connectivity index (χ1) is 30.5. The Bertz CT molecular complexity index is 1200. The van der Waals surface area contributed by atoms with Crippen molar-refractivity contribution in [2.75, 3.05) is 6.61 Å². The summed E-state index contributed by atoms with van der Waals surface area (Å²) in [5.74, 6) is -0.569. The van der Waals surface area contributed by atoms with Gasteiger partial charge in [0, 0.05) is 6.42 Å². The molecule has 0 aromatic rings. The predicted octanol–water partition coefficient (Wildman–Crippen LogP) is 15.6. The number of hydrogen-bond donors (Lipinski definition) is 3. The summed E-state index contributed by atoms with van der Waals surface area (Å²) in [6.07, 6.45) is 63.6. The normalized spacial score (nSPS) is 14.0. The van der Waals surface area contributed by atoms with E-state index in [1.165, 1.54) is 103 Å². The van der Waals surface area contributed by atoms with Gasteiger partial charge in [0.25, 0.3) is 0 Å². The molecule has 0 radical (unpaired) electrons. The second kappa shape index (κ2) is 49.1. The lowest BCUT2D eigenvalue weighted by Crippen LogP contribution is -2.46. The van der Waals surface area contributed by atoms with Crippen LogP contribution in [-0.2, 0) is 14.3 Å². The predicted molar refractivity (Wildman–Crippen MR) is 268 cm³/mol. The molecular weight excluding hydrogens is 767 g/mol. The minimum atomic E-state index is -0.812. The molecule has 3 N–H and O–H groups in total. The molecular formula is C56H97NO5. The average molecular weight is 864 g/mol. The molecule has 0 heterocycles. The van der Waals surface area contributed by atoms with Gasteiger partial charge in [-0.1, -0.05) is 241 Å². The highest BCUT2D eigenvalue weighted by atomic mass is 16.5. The Balaban J connectivity index is 4.63.